The average molecular weight is 578 g/mol. The normalized spacial score (nSPS) is 21.3. The van der Waals surface area contributed by atoms with Gasteiger partial charge in [-0.3, -0.25) is 14.6 Å². The third kappa shape index (κ3) is 4.51. The second-order valence-electron chi connectivity index (χ2n) is 12.1. The van der Waals surface area contributed by atoms with Gasteiger partial charge < -0.3 is 9.30 Å². The van der Waals surface area contributed by atoms with E-state index in [0.29, 0.717) is 46.8 Å². The molecule has 4 aliphatic rings. The van der Waals surface area contributed by atoms with E-state index in [4.69, 9.17) is 9.72 Å². The van der Waals surface area contributed by atoms with E-state index in [1.54, 1.807) is 23.4 Å². The molecule has 5 heterocycles. The summed E-state index contributed by atoms with van der Waals surface area (Å²) in [4.78, 5) is 22.8. The summed E-state index contributed by atoms with van der Waals surface area (Å²) < 4.78 is 23.2. The minimum atomic E-state index is -0.350. The highest BCUT2D eigenvalue weighted by atomic mass is 19.1. The van der Waals surface area contributed by atoms with E-state index in [1.165, 1.54) is 0 Å². The third-order valence-electron chi connectivity index (χ3n) is 9.29. The van der Waals surface area contributed by atoms with Crippen molar-refractivity contribution >= 4 is 11.7 Å². The first-order valence-electron chi connectivity index (χ1n) is 14.9. The first kappa shape index (κ1) is 26.2. The summed E-state index contributed by atoms with van der Waals surface area (Å²) in [5, 5.41) is 17.9. The van der Waals surface area contributed by atoms with Crippen molar-refractivity contribution in [3.63, 3.8) is 0 Å². The number of halogens is 1. The van der Waals surface area contributed by atoms with Crippen molar-refractivity contribution in [2.75, 3.05) is 18.1 Å². The molecule has 1 unspecified atom stereocenters. The molecule has 0 radical (unpaired) electrons. The van der Waals surface area contributed by atoms with E-state index in [2.05, 4.69) is 27.2 Å². The van der Waals surface area contributed by atoms with Gasteiger partial charge in [-0.05, 0) is 78.8 Å². The van der Waals surface area contributed by atoms with Crippen LogP contribution in [-0.2, 0) is 24.9 Å². The Bertz CT molecular complexity index is 1830. The molecule has 9 nitrogen and oxygen atoms in total. The van der Waals surface area contributed by atoms with Crippen LogP contribution in [0, 0.1) is 17.1 Å². The molecule has 0 bridgehead atoms. The van der Waals surface area contributed by atoms with Gasteiger partial charge in [0.05, 0.1) is 24.3 Å². The molecule has 1 saturated carbocycles. The summed E-state index contributed by atoms with van der Waals surface area (Å²) in [5.41, 5.74) is 5.54. The largest absolute Gasteiger partial charge is 0.376 e. The summed E-state index contributed by atoms with van der Waals surface area (Å²) in [5.74, 6) is 0.866. The molecule has 0 N–H and O–H groups in total. The fraction of sp³-hybridized carbons (Fsp3) is 0.364. The maximum absolute atomic E-state index is 15.6. The van der Waals surface area contributed by atoms with Crippen LogP contribution in [-0.4, -0.2) is 55.9 Å². The number of nitriles is 1. The zero-order valence-electron chi connectivity index (χ0n) is 23.8. The number of carbonyl (C=O) groups is 1. The molecule has 2 aromatic heterocycles. The number of aryl methyl sites for hydroxylation is 1. The highest BCUT2D eigenvalue weighted by Gasteiger charge is 2.39. The van der Waals surface area contributed by atoms with Crippen LogP contribution in [0.2, 0.25) is 0 Å². The van der Waals surface area contributed by atoms with Crippen LogP contribution < -0.4 is 4.90 Å². The second kappa shape index (κ2) is 10.1. The van der Waals surface area contributed by atoms with Crippen LogP contribution in [0.25, 0.3) is 22.5 Å². The fourth-order valence-corrected chi connectivity index (χ4v) is 6.91. The maximum atomic E-state index is 15.6. The molecule has 3 fully saturated rings. The highest BCUT2D eigenvalue weighted by Crippen LogP contribution is 2.43. The van der Waals surface area contributed by atoms with Crippen molar-refractivity contribution in [3.8, 4) is 28.6 Å². The topological polar surface area (TPSA) is 100 Å². The fourth-order valence-electron chi connectivity index (χ4n) is 6.91. The number of aromatic nitrogens is 4. The van der Waals surface area contributed by atoms with Gasteiger partial charge in [0.1, 0.15) is 18.0 Å². The molecule has 1 amide bonds. The van der Waals surface area contributed by atoms with E-state index in [1.807, 2.05) is 35.9 Å². The molecule has 43 heavy (non-hydrogen) atoms. The van der Waals surface area contributed by atoms with Gasteiger partial charge in [0.2, 0.25) is 0 Å². The van der Waals surface area contributed by atoms with Crippen LogP contribution in [0.4, 0.5) is 10.2 Å². The number of amides is 1. The Kier molecular flexibility index (Phi) is 6.13. The molecule has 2 aromatic carbocycles. The van der Waals surface area contributed by atoms with Crippen molar-refractivity contribution < 1.29 is 15.3 Å². The van der Waals surface area contributed by atoms with E-state index in [-0.39, 0.29) is 25.8 Å². The Hall–Kier alpha value is -4.46. The van der Waals surface area contributed by atoms with Crippen LogP contribution in [0.5, 0.6) is 0 Å². The zero-order valence-corrected chi connectivity index (χ0v) is 23.8. The Morgan fingerprint density at radius 3 is 2.77 bits per heavy atom. The Morgan fingerprint density at radius 2 is 1.98 bits per heavy atom. The molecule has 2 atom stereocenters. The van der Waals surface area contributed by atoms with Crippen LogP contribution >= 0.6 is 0 Å². The quantitative estimate of drug-likeness (QED) is 0.311. The van der Waals surface area contributed by atoms with Crippen molar-refractivity contribution in [2.45, 2.75) is 56.8 Å². The maximum Gasteiger partial charge on any atom is 0.260 e. The summed E-state index contributed by atoms with van der Waals surface area (Å²) in [6.07, 6.45) is 5.95. The number of nitrogens with zero attached hydrogens (tertiary/aromatic N) is 7. The van der Waals surface area contributed by atoms with Gasteiger partial charge in [0.15, 0.2) is 5.82 Å². The summed E-state index contributed by atoms with van der Waals surface area (Å²) in [6.45, 7) is 2.42. The van der Waals surface area contributed by atoms with Gasteiger partial charge >= 0.3 is 0 Å². The number of anilines is 1. The van der Waals surface area contributed by atoms with Gasteiger partial charge in [-0.2, -0.15) is 5.26 Å². The minimum Gasteiger partial charge on any atom is -0.376 e. The predicted octanol–water partition coefficient (Wildman–Crippen LogP) is 5.20. The molecule has 0 spiro atoms. The number of ether oxygens (including phenoxy) is 1. The number of fused-ring (bicyclic) bond motifs is 2. The van der Waals surface area contributed by atoms with Crippen molar-refractivity contribution in [1.29, 1.82) is 5.26 Å². The van der Waals surface area contributed by atoms with E-state index >= 15 is 4.39 Å². The van der Waals surface area contributed by atoms with Gasteiger partial charge in [0.25, 0.3) is 5.91 Å². The lowest BCUT2D eigenvalue weighted by Crippen LogP contribution is -2.31. The minimum absolute atomic E-state index is 0. The molecule has 4 aromatic rings. The molecule has 2 saturated heterocycles. The van der Waals surface area contributed by atoms with Crippen LogP contribution in [0.15, 0.2) is 48.8 Å². The van der Waals surface area contributed by atoms with Crippen LogP contribution in [0.1, 0.15) is 65.8 Å². The smallest absolute Gasteiger partial charge is 0.260 e. The zero-order chi connectivity index (χ0) is 29.2. The van der Waals surface area contributed by atoms with Crippen molar-refractivity contribution in [1.82, 2.24) is 24.6 Å². The SMILES string of the molecule is Cn1cnnc1-c1cc(C#N)ccc1-c1cc(C2CC2)nc(N2Cc3c(F)cc(CN4CCC5OCC[C@H]54)cc3C2=O)c1.[HH]. The number of benzene rings is 2. The second-order valence-corrected chi connectivity index (χ2v) is 12.1. The lowest BCUT2D eigenvalue weighted by Gasteiger charge is -2.22. The lowest BCUT2D eigenvalue weighted by molar-refractivity contribution is 0.0995. The summed E-state index contributed by atoms with van der Waals surface area (Å²) >= 11 is 0. The van der Waals surface area contributed by atoms with E-state index < -0.39 is 0 Å². The summed E-state index contributed by atoms with van der Waals surface area (Å²) in [6, 6.07) is 15.5. The summed E-state index contributed by atoms with van der Waals surface area (Å²) in [7, 11) is 1.86. The van der Waals surface area contributed by atoms with E-state index in [9.17, 15) is 10.1 Å². The van der Waals surface area contributed by atoms with Crippen LogP contribution in [0.3, 0.4) is 0 Å². The first-order chi connectivity index (χ1) is 21.0. The Morgan fingerprint density at radius 1 is 1.09 bits per heavy atom. The van der Waals surface area contributed by atoms with Crippen molar-refractivity contribution in [3.05, 3.63) is 82.6 Å². The standard InChI is InChI=1S/C33H30FN7O2.H2/c1-39-18-36-38-32(39)24-10-19(15-35)2-5-23(24)22-13-28(21-3-4-21)37-31(14-22)41-17-26-25(33(41)42)11-20(12-27(26)34)16-40-8-6-30-29(40)7-9-43-30;/h2,5,10-14,18,21,29-30H,3-4,6-9,16-17H2,1H3;1H/t29-,30?;/m1./s1. The van der Waals surface area contributed by atoms with Gasteiger partial charge in [0, 0.05) is 62.5 Å². The monoisotopic (exact) mass is 577 g/mol. The number of rotatable bonds is 6. The number of hydrogen-bond donors (Lipinski definition) is 0. The third-order valence-corrected chi connectivity index (χ3v) is 9.29. The molecule has 3 aliphatic heterocycles. The molecular formula is C33H32FN7O2. The van der Waals surface area contributed by atoms with Gasteiger partial charge in [-0.15, -0.1) is 10.2 Å². The molecular weight excluding hydrogens is 545 g/mol. The molecule has 10 heteroatoms. The molecule has 1 aliphatic carbocycles. The highest BCUT2D eigenvalue weighted by molar-refractivity contribution is 6.10. The van der Waals surface area contributed by atoms with Crippen molar-refractivity contribution in [2.24, 2.45) is 7.05 Å². The number of carbonyl (C=O) groups excluding carboxylic acids is 1. The Labute approximate surface area is 250 Å². The molecule has 8 rings (SSSR count). The van der Waals surface area contributed by atoms with Gasteiger partial charge in [-0.1, -0.05) is 6.07 Å². The number of pyridine rings is 1. The first-order valence-corrected chi connectivity index (χ1v) is 14.9. The predicted molar refractivity (Wildman–Crippen MR) is 159 cm³/mol. The Balaban J connectivity index is 0.00000312. The number of likely N-dealkylation sites (tertiary alicyclic amines) is 1. The van der Waals surface area contributed by atoms with E-state index in [0.717, 1.165) is 66.8 Å². The number of hydrogen-bond acceptors (Lipinski definition) is 7. The molecule has 218 valence electrons. The van der Waals surface area contributed by atoms with Gasteiger partial charge in [-0.25, -0.2) is 9.37 Å². The lowest BCUT2D eigenvalue weighted by atomic mass is 9.96. The average Bonchev–Trinajstić information content (AvgIpc) is 3.26.